The highest BCUT2D eigenvalue weighted by atomic mass is 35.5. The zero-order chi connectivity index (χ0) is 23.5. The lowest BCUT2D eigenvalue weighted by Crippen LogP contribution is -2.12. The molecule has 1 saturated carbocycles. The Bertz CT molecular complexity index is 1300. The normalized spacial score (nSPS) is 14.6. The summed E-state index contributed by atoms with van der Waals surface area (Å²) in [6, 6.07) is 12.1. The molecule has 2 aromatic carbocycles. The number of aromatic nitrogens is 4. The van der Waals surface area contributed by atoms with Gasteiger partial charge in [-0.05, 0) is 42.2 Å². The number of hydrogen-bond donors (Lipinski definition) is 1. The fourth-order valence-electron chi connectivity index (χ4n) is 4.70. The summed E-state index contributed by atoms with van der Waals surface area (Å²) in [6.45, 7) is 1.28. The number of nitrogens with zero attached hydrogens (tertiary/aromatic N) is 4. The Balaban J connectivity index is 1.49. The van der Waals surface area contributed by atoms with Crippen LogP contribution in [-0.2, 0) is 13.1 Å². The van der Waals surface area contributed by atoms with E-state index in [0.29, 0.717) is 45.4 Å². The first kappa shape index (κ1) is 23.1. The predicted molar refractivity (Wildman–Crippen MR) is 136 cm³/mol. The smallest absolute Gasteiger partial charge is 0.225 e. The molecule has 4 aromatic rings. The predicted octanol–water partition coefficient (Wildman–Crippen LogP) is 7.52. The van der Waals surface area contributed by atoms with Gasteiger partial charge in [-0.3, -0.25) is 0 Å². The van der Waals surface area contributed by atoms with Crippen LogP contribution in [0, 0.1) is 11.7 Å². The number of aryl methyl sites for hydroxylation is 1. The van der Waals surface area contributed by atoms with Gasteiger partial charge in [0.1, 0.15) is 17.2 Å². The molecule has 0 saturated heterocycles. The topological polar surface area (TPSA) is 55.6 Å². The number of halogens is 3. The Labute approximate surface area is 208 Å². The largest absolute Gasteiger partial charge is 0.350 e. The number of rotatable bonds is 7. The van der Waals surface area contributed by atoms with E-state index in [4.69, 9.17) is 33.2 Å². The van der Waals surface area contributed by atoms with E-state index < -0.39 is 0 Å². The van der Waals surface area contributed by atoms with Crippen molar-refractivity contribution in [3.05, 3.63) is 70.1 Å². The molecule has 5 rings (SSSR count). The molecule has 1 N–H and O–H groups in total. The monoisotopic (exact) mass is 497 g/mol. The van der Waals surface area contributed by atoms with Crippen molar-refractivity contribution in [1.29, 1.82) is 0 Å². The highest BCUT2D eigenvalue weighted by Gasteiger charge is 2.20. The SMILES string of the molecule is Fc1ccc(-c2nc3cnc(NCc4ccccc4Cl)nc3n2CCC2CCCCC2)c(Cl)c1. The van der Waals surface area contributed by atoms with Gasteiger partial charge in [0.05, 0.1) is 11.2 Å². The molecule has 5 nitrogen and oxygen atoms in total. The molecular weight excluding hydrogens is 472 g/mol. The lowest BCUT2D eigenvalue weighted by molar-refractivity contribution is 0.325. The standard InChI is InChI=1S/C26H26Cl2FN5/c27-21-9-5-4-8-18(21)15-30-26-31-16-23-25(33-26)34(13-12-17-6-2-1-3-7-17)24(32-23)20-11-10-19(29)14-22(20)28/h4-5,8-11,14,16-17H,1-3,6-7,12-13,15H2,(H,30,31,33). The van der Waals surface area contributed by atoms with Crippen LogP contribution in [-0.4, -0.2) is 19.5 Å². The van der Waals surface area contributed by atoms with E-state index in [1.807, 2.05) is 24.3 Å². The fraction of sp³-hybridized carbons (Fsp3) is 0.346. The van der Waals surface area contributed by atoms with Crippen LogP contribution in [0.5, 0.6) is 0 Å². The Hall–Kier alpha value is -2.70. The average Bonchev–Trinajstić information content (AvgIpc) is 3.20. The molecule has 2 heterocycles. The van der Waals surface area contributed by atoms with Crippen LogP contribution in [0.25, 0.3) is 22.6 Å². The third-order valence-electron chi connectivity index (χ3n) is 6.54. The number of imidazole rings is 1. The van der Waals surface area contributed by atoms with Crippen LogP contribution in [0.4, 0.5) is 10.3 Å². The van der Waals surface area contributed by atoms with Gasteiger partial charge in [-0.15, -0.1) is 0 Å². The molecule has 0 amide bonds. The molecule has 0 spiro atoms. The molecule has 0 bridgehead atoms. The summed E-state index contributed by atoms with van der Waals surface area (Å²) >= 11 is 12.7. The molecule has 1 aliphatic carbocycles. The minimum atomic E-state index is -0.371. The molecule has 8 heteroatoms. The Morgan fingerprint density at radius 1 is 1.00 bits per heavy atom. The van der Waals surface area contributed by atoms with Crippen LogP contribution in [0.15, 0.2) is 48.7 Å². The Morgan fingerprint density at radius 3 is 2.62 bits per heavy atom. The summed E-state index contributed by atoms with van der Waals surface area (Å²) in [4.78, 5) is 14.0. The molecule has 34 heavy (non-hydrogen) atoms. The van der Waals surface area contributed by atoms with Gasteiger partial charge in [0, 0.05) is 23.7 Å². The fourth-order valence-corrected chi connectivity index (χ4v) is 5.15. The van der Waals surface area contributed by atoms with Crippen LogP contribution >= 0.6 is 23.2 Å². The summed E-state index contributed by atoms with van der Waals surface area (Å²) in [5.74, 6) is 1.52. The molecule has 176 valence electrons. The maximum absolute atomic E-state index is 13.7. The molecule has 0 atom stereocenters. The molecule has 2 aromatic heterocycles. The van der Waals surface area contributed by atoms with Crippen LogP contribution in [0.2, 0.25) is 10.0 Å². The average molecular weight is 498 g/mol. The van der Waals surface area contributed by atoms with Crippen molar-refractivity contribution in [1.82, 2.24) is 19.5 Å². The summed E-state index contributed by atoms with van der Waals surface area (Å²) in [6.07, 6.45) is 9.21. The summed E-state index contributed by atoms with van der Waals surface area (Å²) in [5.41, 5.74) is 3.08. The third kappa shape index (κ3) is 5.03. The van der Waals surface area contributed by atoms with Gasteiger partial charge in [0.2, 0.25) is 5.95 Å². The van der Waals surface area contributed by atoms with Crippen molar-refractivity contribution in [2.24, 2.45) is 5.92 Å². The summed E-state index contributed by atoms with van der Waals surface area (Å²) in [5, 5.41) is 4.30. The highest BCUT2D eigenvalue weighted by Crippen LogP contribution is 2.33. The molecule has 0 aliphatic heterocycles. The van der Waals surface area contributed by atoms with Crippen molar-refractivity contribution >= 4 is 40.3 Å². The van der Waals surface area contributed by atoms with Crippen molar-refractivity contribution in [2.45, 2.75) is 51.6 Å². The second-order valence-corrected chi connectivity index (χ2v) is 9.67. The first-order valence-corrected chi connectivity index (χ1v) is 12.5. The van der Waals surface area contributed by atoms with Gasteiger partial charge < -0.3 is 9.88 Å². The number of benzene rings is 2. The van der Waals surface area contributed by atoms with Crippen molar-refractivity contribution in [3.63, 3.8) is 0 Å². The first-order chi connectivity index (χ1) is 16.6. The van der Waals surface area contributed by atoms with E-state index in [1.54, 1.807) is 12.3 Å². The van der Waals surface area contributed by atoms with Gasteiger partial charge in [0.25, 0.3) is 0 Å². The van der Waals surface area contributed by atoms with Crippen LogP contribution < -0.4 is 5.32 Å². The minimum Gasteiger partial charge on any atom is -0.350 e. The lowest BCUT2D eigenvalue weighted by atomic mass is 9.87. The van der Waals surface area contributed by atoms with Gasteiger partial charge in [-0.1, -0.05) is 73.5 Å². The Morgan fingerprint density at radius 2 is 1.82 bits per heavy atom. The maximum atomic E-state index is 13.7. The van der Waals surface area contributed by atoms with Gasteiger partial charge in [0.15, 0.2) is 5.65 Å². The quantitative estimate of drug-likeness (QED) is 0.286. The first-order valence-electron chi connectivity index (χ1n) is 11.7. The van der Waals surface area contributed by atoms with Gasteiger partial charge in [-0.25, -0.2) is 14.4 Å². The van der Waals surface area contributed by atoms with E-state index in [0.717, 1.165) is 24.2 Å². The van der Waals surface area contributed by atoms with E-state index in [2.05, 4.69) is 14.9 Å². The number of anilines is 1. The molecule has 1 fully saturated rings. The molecule has 0 unspecified atom stereocenters. The van der Waals surface area contributed by atoms with Crippen molar-refractivity contribution < 1.29 is 4.39 Å². The molecule has 0 radical (unpaired) electrons. The lowest BCUT2D eigenvalue weighted by Gasteiger charge is -2.22. The third-order valence-corrected chi connectivity index (χ3v) is 7.22. The summed E-state index contributed by atoms with van der Waals surface area (Å²) in [7, 11) is 0. The zero-order valence-electron chi connectivity index (χ0n) is 18.8. The number of fused-ring (bicyclic) bond motifs is 1. The zero-order valence-corrected chi connectivity index (χ0v) is 20.3. The second kappa shape index (κ2) is 10.3. The van der Waals surface area contributed by atoms with E-state index in [1.165, 1.54) is 44.2 Å². The van der Waals surface area contributed by atoms with Crippen molar-refractivity contribution in [3.8, 4) is 11.4 Å². The molecule has 1 aliphatic rings. The van der Waals surface area contributed by atoms with E-state index in [9.17, 15) is 4.39 Å². The van der Waals surface area contributed by atoms with Crippen LogP contribution in [0.1, 0.15) is 44.1 Å². The van der Waals surface area contributed by atoms with Crippen LogP contribution in [0.3, 0.4) is 0 Å². The van der Waals surface area contributed by atoms with Gasteiger partial charge >= 0.3 is 0 Å². The van der Waals surface area contributed by atoms with E-state index >= 15 is 0 Å². The Kier molecular flexibility index (Phi) is 6.97. The van der Waals surface area contributed by atoms with E-state index in [-0.39, 0.29) is 5.82 Å². The van der Waals surface area contributed by atoms with Crippen molar-refractivity contribution in [2.75, 3.05) is 5.32 Å². The molecular formula is C26H26Cl2FN5. The van der Waals surface area contributed by atoms with Gasteiger partial charge in [-0.2, -0.15) is 4.98 Å². The summed E-state index contributed by atoms with van der Waals surface area (Å²) < 4.78 is 15.8. The second-order valence-electron chi connectivity index (χ2n) is 8.85. The number of hydrogen-bond acceptors (Lipinski definition) is 4. The number of nitrogens with one attached hydrogen (secondary N) is 1. The maximum Gasteiger partial charge on any atom is 0.225 e. The minimum absolute atomic E-state index is 0.333. The highest BCUT2D eigenvalue weighted by molar-refractivity contribution is 6.33.